The van der Waals surface area contributed by atoms with Crippen LogP contribution in [0, 0.1) is 0 Å². The molecular formula is C13H20N2O4. The van der Waals surface area contributed by atoms with E-state index in [1.807, 2.05) is 0 Å². The van der Waals surface area contributed by atoms with Gasteiger partial charge in [0.15, 0.2) is 5.82 Å². The maximum absolute atomic E-state index is 12.2. The summed E-state index contributed by atoms with van der Waals surface area (Å²) in [7, 11) is 1.62. The van der Waals surface area contributed by atoms with Crippen LogP contribution in [-0.2, 0) is 26.1 Å². The van der Waals surface area contributed by atoms with Crippen LogP contribution in [0.5, 0.6) is 0 Å². The molecule has 1 fully saturated rings. The average Bonchev–Trinajstić information content (AvgIpc) is 3.06. The maximum Gasteiger partial charge on any atom is 0.321 e. The molecule has 0 N–H and O–H groups in total. The summed E-state index contributed by atoms with van der Waals surface area (Å²) in [5.41, 5.74) is -0.728. The van der Waals surface area contributed by atoms with E-state index in [9.17, 15) is 4.79 Å². The molecule has 0 unspecified atom stereocenters. The van der Waals surface area contributed by atoms with Crippen LogP contribution in [0.3, 0.4) is 0 Å². The highest BCUT2D eigenvalue weighted by Crippen LogP contribution is 2.41. The Morgan fingerprint density at radius 3 is 2.79 bits per heavy atom. The lowest BCUT2D eigenvalue weighted by atomic mass is 9.86. The first-order chi connectivity index (χ1) is 9.23. The summed E-state index contributed by atoms with van der Waals surface area (Å²) in [5.74, 6) is 0.733. The summed E-state index contributed by atoms with van der Waals surface area (Å²) in [4.78, 5) is 16.6. The standard InChI is InChI=1S/C13H20N2O4/c1-3-18-12(16)13(7-4-5-8-13)11-14-10(15-19-11)6-9-17-2/h3-9H2,1-2H3. The van der Waals surface area contributed by atoms with Crippen molar-refractivity contribution in [1.29, 1.82) is 0 Å². The topological polar surface area (TPSA) is 74.5 Å². The van der Waals surface area contributed by atoms with E-state index in [1.54, 1.807) is 14.0 Å². The Hall–Kier alpha value is -1.43. The van der Waals surface area contributed by atoms with Gasteiger partial charge in [0.2, 0.25) is 5.89 Å². The number of nitrogens with zero attached hydrogens (tertiary/aromatic N) is 2. The Labute approximate surface area is 112 Å². The zero-order valence-corrected chi connectivity index (χ0v) is 11.5. The molecule has 0 amide bonds. The Kier molecular flexibility index (Phi) is 4.52. The number of carbonyl (C=O) groups excluding carboxylic acids is 1. The number of aromatic nitrogens is 2. The maximum atomic E-state index is 12.2. The zero-order valence-electron chi connectivity index (χ0n) is 11.5. The summed E-state index contributed by atoms with van der Waals surface area (Å²) < 4.78 is 15.5. The van der Waals surface area contributed by atoms with E-state index in [0.717, 1.165) is 25.7 Å². The fraction of sp³-hybridized carbons (Fsp3) is 0.769. The monoisotopic (exact) mass is 268 g/mol. The first-order valence-corrected chi connectivity index (χ1v) is 6.72. The lowest BCUT2D eigenvalue weighted by molar-refractivity contribution is -0.151. The second-order valence-corrected chi connectivity index (χ2v) is 4.77. The molecule has 19 heavy (non-hydrogen) atoms. The quantitative estimate of drug-likeness (QED) is 0.730. The van der Waals surface area contributed by atoms with Crippen molar-refractivity contribution in [3.8, 4) is 0 Å². The number of carbonyl (C=O) groups is 1. The van der Waals surface area contributed by atoms with Crippen LogP contribution in [0.15, 0.2) is 4.52 Å². The van der Waals surface area contributed by atoms with Gasteiger partial charge < -0.3 is 14.0 Å². The van der Waals surface area contributed by atoms with Gasteiger partial charge in [0.1, 0.15) is 5.41 Å². The number of ether oxygens (including phenoxy) is 2. The average molecular weight is 268 g/mol. The number of hydrogen-bond acceptors (Lipinski definition) is 6. The van der Waals surface area contributed by atoms with Gasteiger partial charge in [-0.25, -0.2) is 0 Å². The molecule has 6 nitrogen and oxygen atoms in total. The van der Waals surface area contributed by atoms with Gasteiger partial charge in [0.25, 0.3) is 0 Å². The summed E-state index contributed by atoms with van der Waals surface area (Å²) in [6.45, 7) is 2.70. The van der Waals surface area contributed by atoms with Crippen molar-refractivity contribution < 1.29 is 18.8 Å². The van der Waals surface area contributed by atoms with E-state index in [4.69, 9.17) is 14.0 Å². The molecule has 6 heteroatoms. The zero-order chi connectivity index (χ0) is 13.7. The lowest BCUT2D eigenvalue weighted by Gasteiger charge is -2.21. The number of methoxy groups -OCH3 is 1. The molecule has 1 saturated carbocycles. The van der Waals surface area contributed by atoms with Crippen molar-refractivity contribution in [3.63, 3.8) is 0 Å². The molecule has 106 valence electrons. The van der Waals surface area contributed by atoms with Crippen molar-refractivity contribution in [2.75, 3.05) is 20.3 Å². The van der Waals surface area contributed by atoms with Gasteiger partial charge in [-0.3, -0.25) is 4.79 Å². The number of esters is 1. The molecule has 0 spiro atoms. The third-order valence-electron chi connectivity index (χ3n) is 3.53. The molecule has 0 radical (unpaired) electrons. The predicted octanol–water partition coefficient (Wildman–Crippen LogP) is 1.63. The number of hydrogen-bond donors (Lipinski definition) is 0. The fourth-order valence-corrected chi connectivity index (χ4v) is 2.50. The highest BCUT2D eigenvalue weighted by atomic mass is 16.5. The van der Waals surface area contributed by atoms with Crippen LogP contribution in [0.2, 0.25) is 0 Å². The summed E-state index contributed by atoms with van der Waals surface area (Å²) in [5, 5.41) is 3.91. The van der Waals surface area contributed by atoms with Crippen LogP contribution >= 0.6 is 0 Å². The highest BCUT2D eigenvalue weighted by molar-refractivity contribution is 5.82. The molecule has 0 aromatic carbocycles. The van der Waals surface area contributed by atoms with Gasteiger partial charge in [-0.2, -0.15) is 4.98 Å². The minimum atomic E-state index is -0.728. The van der Waals surface area contributed by atoms with Crippen LogP contribution in [-0.4, -0.2) is 36.4 Å². The lowest BCUT2D eigenvalue weighted by Crippen LogP contribution is -2.35. The normalized spacial score (nSPS) is 17.6. The van der Waals surface area contributed by atoms with Crippen LogP contribution < -0.4 is 0 Å². The second kappa shape index (κ2) is 6.14. The molecule has 0 saturated heterocycles. The van der Waals surface area contributed by atoms with Gasteiger partial charge >= 0.3 is 5.97 Å². The summed E-state index contributed by atoms with van der Waals surface area (Å²) in [6, 6.07) is 0. The third kappa shape index (κ3) is 2.78. The fourth-order valence-electron chi connectivity index (χ4n) is 2.50. The molecule has 1 aliphatic rings. The van der Waals surface area contributed by atoms with Gasteiger partial charge in [-0.15, -0.1) is 0 Å². The first kappa shape index (κ1) is 14.0. The first-order valence-electron chi connectivity index (χ1n) is 6.72. The van der Waals surface area contributed by atoms with Gasteiger partial charge in [-0.1, -0.05) is 18.0 Å². The van der Waals surface area contributed by atoms with Gasteiger partial charge in [0.05, 0.1) is 13.2 Å². The van der Waals surface area contributed by atoms with Crippen LogP contribution in [0.4, 0.5) is 0 Å². The van der Waals surface area contributed by atoms with Crippen LogP contribution in [0.25, 0.3) is 0 Å². The van der Waals surface area contributed by atoms with Crippen molar-refractivity contribution in [3.05, 3.63) is 11.7 Å². The number of rotatable bonds is 6. The predicted molar refractivity (Wildman–Crippen MR) is 66.7 cm³/mol. The Bertz CT molecular complexity index is 424. The summed E-state index contributed by atoms with van der Waals surface area (Å²) in [6.07, 6.45) is 3.98. The molecule has 1 aliphatic carbocycles. The van der Waals surface area contributed by atoms with Crippen molar-refractivity contribution in [2.45, 2.75) is 44.4 Å². The molecule has 2 rings (SSSR count). The summed E-state index contributed by atoms with van der Waals surface area (Å²) >= 11 is 0. The van der Waals surface area contributed by atoms with E-state index >= 15 is 0 Å². The Morgan fingerprint density at radius 1 is 1.42 bits per heavy atom. The van der Waals surface area contributed by atoms with E-state index in [-0.39, 0.29) is 5.97 Å². The van der Waals surface area contributed by atoms with Gasteiger partial charge in [-0.05, 0) is 19.8 Å². The van der Waals surface area contributed by atoms with Gasteiger partial charge in [0, 0.05) is 13.5 Å². The molecule has 1 aromatic heterocycles. The SMILES string of the molecule is CCOC(=O)C1(c2nc(CCOC)no2)CCCC1. The highest BCUT2D eigenvalue weighted by Gasteiger charge is 2.49. The van der Waals surface area contributed by atoms with Crippen molar-refractivity contribution >= 4 is 5.97 Å². The largest absolute Gasteiger partial charge is 0.465 e. The van der Waals surface area contributed by atoms with Crippen molar-refractivity contribution in [2.24, 2.45) is 0 Å². The third-order valence-corrected chi connectivity index (χ3v) is 3.53. The Morgan fingerprint density at radius 2 is 2.16 bits per heavy atom. The molecule has 1 aromatic rings. The molecule has 0 aliphatic heterocycles. The molecule has 0 atom stereocenters. The minimum absolute atomic E-state index is 0.241. The molecular weight excluding hydrogens is 248 g/mol. The van der Waals surface area contributed by atoms with Crippen LogP contribution in [0.1, 0.15) is 44.3 Å². The minimum Gasteiger partial charge on any atom is -0.465 e. The Balaban J connectivity index is 2.19. The smallest absolute Gasteiger partial charge is 0.321 e. The van der Waals surface area contributed by atoms with E-state index in [2.05, 4.69) is 10.1 Å². The van der Waals surface area contributed by atoms with E-state index in [0.29, 0.717) is 31.3 Å². The van der Waals surface area contributed by atoms with E-state index in [1.165, 1.54) is 0 Å². The second-order valence-electron chi connectivity index (χ2n) is 4.77. The molecule has 0 bridgehead atoms. The van der Waals surface area contributed by atoms with Crippen molar-refractivity contribution in [1.82, 2.24) is 10.1 Å². The van der Waals surface area contributed by atoms with E-state index < -0.39 is 5.41 Å². The molecule has 1 heterocycles.